The van der Waals surface area contributed by atoms with Gasteiger partial charge in [0.05, 0.1) is 5.60 Å². The van der Waals surface area contributed by atoms with Gasteiger partial charge < -0.3 is 19.9 Å². The average molecular weight is 277 g/mol. The molecule has 2 aliphatic rings. The first-order valence-electron chi connectivity index (χ1n) is 7.49. The highest BCUT2D eigenvalue weighted by molar-refractivity contribution is 5.25. The minimum Gasteiger partial charge on any atom is -0.508 e. The maximum Gasteiger partial charge on any atom is 0.115 e. The van der Waals surface area contributed by atoms with Gasteiger partial charge in [-0.15, -0.1) is 0 Å². The highest BCUT2D eigenvalue weighted by Crippen LogP contribution is 2.34. The Morgan fingerprint density at radius 1 is 1.15 bits per heavy atom. The zero-order chi connectivity index (χ0) is 13.8. The molecule has 0 aromatic heterocycles. The van der Waals surface area contributed by atoms with E-state index in [1.54, 1.807) is 12.1 Å². The predicted octanol–water partition coefficient (Wildman–Crippen LogP) is 2.21. The Morgan fingerprint density at radius 3 is 2.65 bits per heavy atom. The molecule has 20 heavy (non-hydrogen) atoms. The summed E-state index contributed by atoms with van der Waals surface area (Å²) in [7, 11) is 0. The molecule has 0 amide bonds. The van der Waals surface area contributed by atoms with Crippen molar-refractivity contribution in [2.45, 2.75) is 43.9 Å². The van der Waals surface area contributed by atoms with E-state index in [4.69, 9.17) is 9.47 Å². The van der Waals surface area contributed by atoms with Gasteiger partial charge in [-0.2, -0.15) is 0 Å². The van der Waals surface area contributed by atoms with Crippen LogP contribution in [0.3, 0.4) is 0 Å². The van der Waals surface area contributed by atoms with Crippen molar-refractivity contribution < 1.29 is 14.6 Å². The molecular formula is C16H23NO3. The number of benzene rings is 1. The van der Waals surface area contributed by atoms with Gasteiger partial charge in [-0.3, -0.25) is 0 Å². The lowest BCUT2D eigenvalue weighted by atomic mass is 9.84. The summed E-state index contributed by atoms with van der Waals surface area (Å²) in [5, 5.41) is 12.9. The van der Waals surface area contributed by atoms with Crippen molar-refractivity contribution in [2.24, 2.45) is 0 Å². The standard InChI is InChI=1S/C16H23NO3/c18-15-3-1-13(2-4-15)12-17-14-5-8-20-16(11-14)6-9-19-10-7-16/h1-4,14,17-18H,5-12H2. The van der Waals surface area contributed by atoms with E-state index in [1.807, 2.05) is 12.1 Å². The lowest BCUT2D eigenvalue weighted by Crippen LogP contribution is -2.49. The van der Waals surface area contributed by atoms with Crippen LogP contribution in [0.25, 0.3) is 0 Å². The van der Waals surface area contributed by atoms with Gasteiger partial charge in [0.1, 0.15) is 5.75 Å². The molecule has 2 aliphatic heterocycles. The van der Waals surface area contributed by atoms with Gasteiger partial charge in [0.15, 0.2) is 0 Å². The lowest BCUT2D eigenvalue weighted by molar-refractivity contribution is -0.140. The summed E-state index contributed by atoms with van der Waals surface area (Å²) in [5.41, 5.74) is 1.25. The van der Waals surface area contributed by atoms with Crippen LogP contribution in [0.5, 0.6) is 5.75 Å². The van der Waals surface area contributed by atoms with Crippen LogP contribution < -0.4 is 5.32 Å². The summed E-state index contributed by atoms with van der Waals surface area (Å²) in [6.45, 7) is 3.33. The van der Waals surface area contributed by atoms with E-state index < -0.39 is 0 Å². The predicted molar refractivity (Wildman–Crippen MR) is 76.7 cm³/mol. The summed E-state index contributed by atoms with van der Waals surface area (Å²) in [4.78, 5) is 0. The topological polar surface area (TPSA) is 50.7 Å². The number of nitrogens with one attached hydrogen (secondary N) is 1. The van der Waals surface area contributed by atoms with Crippen molar-refractivity contribution in [3.63, 3.8) is 0 Å². The normalized spacial score (nSPS) is 25.7. The summed E-state index contributed by atoms with van der Waals surface area (Å²) >= 11 is 0. The molecule has 1 aromatic rings. The fraction of sp³-hybridized carbons (Fsp3) is 0.625. The first-order valence-corrected chi connectivity index (χ1v) is 7.49. The molecule has 2 saturated heterocycles. The molecule has 110 valence electrons. The number of phenols is 1. The number of aromatic hydroxyl groups is 1. The van der Waals surface area contributed by atoms with Crippen LogP contribution in [0.15, 0.2) is 24.3 Å². The van der Waals surface area contributed by atoms with Crippen LogP contribution in [0.2, 0.25) is 0 Å². The molecule has 4 heteroatoms. The van der Waals surface area contributed by atoms with Crippen LogP contribution in [0.1, 0.15) is 31.2 Å². The van der Waals surface area contributed by atoms with Crippen molar-refractivity contribution in [1.29, 1.82) is 0 Å². The number of ether oxygens (including phenoxy) is 2. The summed E-state index contributed by atoms with van der Waals surface area (Å²) in [6.07, 6.45) is 4.18. The van der Waals surface area contributed by atoms with Gasteiger partial charge in [-0.1, -0.05) is 12.1 Å². The minimum atomic E-state index is 0.0448. The molecule has 1 aromatic carbocycles. The first kappa shape index (κ1) is 13.9. The molecule has 1 atom stereocenters. The van der Waals surface area contributed by atoms with E-state index in [9.17, 15) is 5.11 Å². The van der Waals surface area contributed by atoms with E-state index in [2.05, 4.69) is 5.32 Å². The van der Waals surface area contributed by atoms with E-state index in [0.29, 0.717) is 11.8 Å². The van der Waals surface area contributed by atoms with E-state index in [-0.39, 0.29) is 5.60 Å². The third kappa shape index (κ3) is 3.32. The smallest absolute Gasteiger partial charge is 0.115 e. The minimum absolute atomic E-state index is 0.0448. The quantitative estimate of drug-likeness (QED) is 0.889. The van der Waals surface area contributed by atoms with Gasteiger partial charge in [-0.05, 0) is 43.4 Å². The zero-order valence-corrected chi connectivity index (χ0v) is 11.8. The Labute approximate surface area is 120 Å². The average Bonchev–Trinajstić information content (AvgIpc) is 2.48. The molecule has 0 aliphatic carbocycles. The van der Waals surface area contributed by atoms with Gasteiger partial charge in [-0.25, -0.2) is 0 Å². The molecule has 0 bridgehead atoms. The van der Waals surface area contributed by atoms with Crippen LogP contribution in [-0.4, -0.2) is 36.6 Å². The molecule has 4 nitrogen and oxygen atoms in total. The fourth-order valence-corrected chi connectivity index (χ4v) is 3.17. The molecular weight excluding hydrogens is 254 g/mol. The number of hydrogen-bond donors (Lipinski definition) is 2. The molecule has 3 rings (SSSR count). The largest absolute Gasteiger partial charge is 0.508 e. The molecule has 0 radical (unpaired) electrons. The van der Waals surface area contributed by atoms with Crippen molar-refractivity contribution in [3.8, 4) is 5.75 Å². The van der Waals surface area contributed by atoms with Crippen molar-refractivity contribution in [3.05, 3.63) is 29.8 Å². The Balaban J connectivity index is 1.53. The van der Waals surface area contributed by atoms with Crippen molar-refractivity contribution in [2.75, 3.05) is 19.8 Å². The lowest BCUT2D eigenvalue weighted by Gasteiger charge is -2.43. The Kier molecular flexibility index (Phi) is 4.24. The molecule has 2 fully saturated rings. The number of rotatable bonds is 3. The van der Waals surface area contributed by atoms with Crippen LogP contribution in [0.4, 0.5) is 0 Å². The van der Waals surface area contributed by atoms with E-state index in [0.717, 1.165) is 52.0 Å². The van der Waals surface area contributed by atoms with Gasteiger partial charge in [0.25, 0.3) is 0 Å². The number of hydrogen-bond acceptors (Lipinski definition) is 4. The summed E-state index contributed by atoms with van der Waals surface area (Å²) < 4.78 is 11.5. The second kappa shape index (κ2) is 6.12. The fourth-order valence-electron chi connectivity index (χ4n) is 3.17. The third-order valence-electron chi connectivity index (χ3n) is 4.43. The highest BCUT2D eigenvalue weighted by Gasteiger charge is 2.38. The second-order valence-corrected chi connectivity index (χ2v) is 5.88. The molecule has 1 unspecified atom stereocenters. The van der Waals surface area contributed by atoms with E-state index >= 15 is 0 Å². The third-order valence-corrected chi connectivity index (χ3v) is 4.43. The Hall–Kier alpha value is -1.10. The van der Waals surface area contributed by atoms with Crippen LogP contribution in [0, 0.1) is 0 Å². The summed E-state index contributed by atoms with van der Waals surface area (Å²) in [6, 6.07) is 7.91. The van der Waals surface area contributed by atoms with E-state index in [1.165, 1.54) is 5.56 Å². The number of phenolic OH excluding ortho intramolecular Hbond substituents is 1. The maximum atomic E-state index is 9.29. The Morgan fingerprint density at radius 2 is 1.90 bits per heavy atom. The molecule has 2 heterocycles. The monoisotopic (exact) mass is 277 g/mol. The van der Waals surface area contributed by atoms with Crippen LogP contribution in [-0.2, 0) is 16.0 Å². The second-order valence-electron chi connectivity index (χ2n) is 5.88. The first-order chi connectivity index (χ1) is 9.76. The van der Waals surface area contributed by atoms with Gasteiger partial charge in [0.2, 0.25) is 0 Å². The summed E-state index contributed by atoms with van der Waals surface area (Å²) in [5.74, 6) is 0.320. The van der Waals surface area contributed by atoms with Crippen molar-refractivity contribution in [1.82, 2.24) is 5.32 Å². The highest BCUT2D eigenvalue weighted by atomic mass is 16.5. The van der Waals surface area contributed by atoms with Gasteiger partial charge in [0, 0.05) is 32.4 Å². The molecule has 2 N–H and O–H groups in total. The van der Waals surface area contributed by atoms with Gasteiger partial charge >= 0.3 is 0 Å². The van der Waals surface area contributed by atoms with Crippen LogP contribution >= 0.6 is 0 Å². The zero-order valence-electron chi connectivity index (χ0n) is 11.8. The molecule has 1 spiro atoms. The molecule has 0 saturated carbocycles. The van der Waals surface area contributed by atoms with Crippen molar-refractivity contribution >= 4 is 0 Å². The Bertz CT molecular complexity index is 420. The SMILES string of the molecule is Oc1ccc(CNC2CCOC3(CCOCC3)C2)cc1. The maximum absolute atomic E-state index is 9.29.